The Morgan fingerprint density at radius 3 is 2.73 bits per heavy atom. The first-order valence-electron chi connectivity index (χ1n) is 8.70. The van der Waals surface area contributed by atoms with Gasteiger partial charge in [0, 0.05) is 17.1 Å². The second-order valence-electron chi connectivity index (χ2n) is 6.46. The van der Waals surface area contributed by atoms with Gasteiger partial charge in [-0.15, -0.1) is 0 Å². The predicted octanol–water partition coefficient (Wildman–Crippen LogP) is 2.71. The Bertz CT molecular complexity index is 970. The van der Waals surface area contributed by atoms with Crippen LogP contribution in [0.3, 0.4) is 0 Å². The third kappa shape index (κ3) is 3.37. The molecule has 0 radical (unpaired) electrons. The molecule has 0 unspecified atom stereocenters. The van der Waals surface area contributed by atoms with Gasteiger partial charge in [-0.1, -0.05) is 25.1 Å². The van der Waals surface area contributed by atoms with Crippen molar-refractivity contribution in [1.82, 2.24) is 25.1 Å². The molecule has 3 rings (SSSR count). The van der Waals surface area contributed by atoms with Gasteiger partial charge < -0.3 is 9.88 Å². The first-order valence-corrected chi connectivity index (χ1v) is 8.70. The summed E-state index contributed by atoms with van der Waals surface area (Å²) in [5.74, 6) is 1.09. The second kappa shape index (κ2) is 7.11. The molecule has 1 aromatic carbocycles. The average Bonchev–Trinajstić information content (AvgIpc) is 3.19. The number of Topliss-reactive ketones (excluding diaryl/α,β-unsaturated/α-hetero) is 1. The average molecular weight is 353 g/mol. The molecular weight excluding hydrogens is 330 g/mol. The molecule has 1 amide bonds. The predicted molar refractivity (Wildman–Crippen MR) is 99.0 cm³/mol. The Hall–Kier alpha value is -2.96. The van der Waals surface area contributed by atoms with Gasteiger partial charge in [0.15, 0.2) is 11.6 Å². The highest BCUT2D eigenvalue weighted by Gasteiger charge is 2.18. The van der Waals surface area contributed by atoms with Gasteiger partial charge in [0.2, 0.25) is 5.91 Å². The van der Waals surface area contributed by atoms with Crippen molar-refractivity contribution in [3.8, 4) is 0 Å². The first kappa shape index (κ1) is 17.8. The molecule has 26 heavy (non-hydrogen) atoms. The summed E-state index contributed by atoms with van der Waals surface area (Å²) in [6.45, 7) is 7.40. The smallest absolute Gasteiger partial charge is 0.240 e. The standard InChI is InChI=1S/C19H23N5O2/c1-5-14-7-6-8-15-16(12(3)25)9-24(18(14)15)10-17(26)20-11(2)19-21-13(4)22-23-19/h6-9,11H,5,10H2,1-4H3,(H,20,26)(H,21,22,23)/t11-/m0/s1. The number of amides is 1. The number of carbonyl (C=O) groups excluding carboxylic acids is 2. The molecule has 0 bridgehead atoms. The summed E-state index contributed by atoms with van der Waals surface area (Å²) in [6.07, 6.45) is 2.60. The summed E-state index contributed by atoms with van der Waals surface area (Å²) in [5, 5.41) is 10.7. The summed E-state index contributed by atoms with van der Waals surface area (Å²) in [5.41, 5.74) is 2.69. The van der Waals surface area contributed by atoms with Crippen LogP contribution in [0.1, 0.15) is 54.4 Å². The molecule has 0 saturated heterocycles. The quantitative estimate of drug-likeness (QED) is 0.666. The topological polar surface area (TPSA) is 92.7 Å². The molecule has 0 aliphatic rings. The van der Waals surface area contributed by atoms with E-state index in [1.165, 1.54) is 0 Å². The molecule has 7 heteroatoms. The number of aromatic nitrogens is 4. The number of carbonyl (C=O) groups is 2. The summed E-state index contributed by atoms with van der Waals surface area (Å²) >= 11 is 0. The number of aryl methyl sites for hydroxylation is 2. The Morgan fingerprint density at radius 2 is 2.12 bits per heavy atom. The van der Waals surface area contributed by atoms with E-state index in [-0.39, 0.29) is 24.3 Å². The van der Waals surface area contributed by atoms with Crippen molar-refractivity contribution in [2.45, 2.75) is 46.7 Å². The zero-order valence-electron chi connectivity index (χ0n) is 15.5. The molecule has 0 fully saturated rings. The van der Waals surface area contributed by atoms with E-state index in [0.29, 0.717) is 17.2 Å². The fourth-order valence-corrected chi connectivity index (χ4v) is 3.19. The Morgan fingerprint density at radius 1 is 1.35 bits per heavy atom. The van der Waals surface area contributed by atoms with Crippen LogP contribution in [-0.2, 0) is 17.8 Å². The van der Waals surface area contributed by atoms with Gasteiger partial charge in [-0.2, -0.15) is 5.10 Å². The number of aromatic amines is 1. The minimum absolute atomic E-state index is 0.00743. The van der Waals surface area contributed by atoms with Crippen LogP contribution in [0, 0.1) is 6.92 Å². The van der Waals surface area contributed by atoms with Crippen LogP contribution in [0.25, 0.3) is 10.9 Å². The summed E-state index contributed by atoms with van der Waals surface area (Å²) in [4.78, 5) is 28.8. The Kier molecular flexibility index (Phi) is 4.88. The number of nitrogens with zero attached hydrogens (tertiary/aromatic N) is 3. The van der Waals surface area contributed by atoms with E-state index in [1.807, 2.05) is 36.6 Å². The normalized spacial score (nSPS) is 12.3. The highest BCUT2D eigenvalue weighted by molar-refractivity contribution is 6.07. The molecule has 3 aromatic rings. The van der Waals surface area contributed by atoms with E-state index < -0.39 is 0 Å². The zero-order valence-corrected chi connectivity index (χ0v) is 15.5. The van der Waals surface area contributed by atoms with Gasteiger partial charge in [0.25, 0.3) is 0 Å². The van der Waals surface area contributed by atoms with Crippen molar-refractivity contribution >= 4 is 22.6 Å². The largest absolute Gasteiger partial charge is 0.345 e. The first-order chi connectivity index (χ1) is 12.4. The third-order valence-corrected chi connectivity index (χ3v) is 4.44. The summed E-state index contributed by atoms with van der Waals surface area (Å²) in [7, 11) is 0. The maximum atomic E-state index is 12.5. The van der Waals surface area contributed by atoms with Crippen LogP contribution in [0.4, 0.5) is 0 Å². The lowest BCUT2D eigenvalue weighted by atomic mass is 10.1. The highest BCUT2D eigenvalue weighted by atomic mass is 16.2. The van der Waals surface area contributed by atoms with E-state index in [0.717, 1.165) is 22.9 Å². The van der Waals surface area contributed by atoms with Crippen molar-refractivity contribution in [3.05, 3.63) is 47.2 Å². The van der Waals surface area contributed by atoms with Crippen LogP contribution >= 0.6 is 0 Å². The lowest BCUT2D eigenvalue weighted by Crippen LogP contribution is -2.30. The molecule has 2 N–H and O–H groups in total. The fourth-order valence-electron chi connectivity index (χ4n) is 3.19. The minimum atomic E-state index is -0.299. The van der Waals surface area contributed by atoms with Crippen LogP contribution in [0.15, 0.2) is 24.4 Å². The van der Waals surface area contributed by atoms with Crippen LogP contribution in [0.2, 0.25) is 0 Å². The number of nitrogens with one attached hydrogen (secondary N) is 2. The maximum absolute atomic E-state index is 12.5. The van der Waals surface area contributed by atoms with Gasteiger partial charge in [0.05, 0.1) is 11.6 Å². The van der Waals surface area contributed by atoms with Crippen molar-refractivity contribution in [3.63, 3.8) is 0 Å². The van der Waals surface area contributed by atoms with Crippen LogP contribution < -0.4 is 5.32 Å². The van der Waals surface area contributed by atoms with Gasteiger partial charge in [-0.05, 0) is 32.8 Å². The molecule has 2 aromatic heterocycles. The van der Waals surface area contributed by atoms with E-state index in [4.69, 9.17) is 0 Å². The van der Waals surface area contributed by atoms with Crippen LogP contribution in [-0.4, -0.2) is 31.4 Å². The zero-order chi connectivity index (χ0) is 18.8. The van der Waals surface area contributed by atoms with Crippen molar-refractivity contribution in [1.29, 1.82) is 0 Å². The monoisotopic (exact) mass is 353 g/mol. The number of hydrogen-bond acceptors (Lipinski definition) is 4. The number of rotatable bonds is 6. The van der Waals surface area contributed by atoms with Crippen molar-refractivity contribution in [2.24, 2.45) is 0 Å². The molecule has 1 atom stereocenters. The maximum Gasteiger partial charge on any atom is 0.240 e. The Labute approximate surface area is 151 Å². The molecule has 0 aliphatic carbocycles. The molecule has 0 saturated carbocycles. The number of para-hydroxylation sites is 1. The van der Waals surface area contributed by atoms with Crippen molar-refractivity contribution in [2.75, 3.05) is 0 Å². The van der Waals surface area contributed by atoms with E-state index >= 15 is 0 Å². The SMILES string of the molecule is CCc1cccc2c(C(C)=O)cn(CC(=O)N[C@@H](C)c3n[nH]c(C)n3)c12. The lowest BCUT2D eigenvalue weighted by Gasteiger charge is -2.12. The van der Waals surface area contributed by atoms with Gasteiger partial charge in [-0.3, -0.25) is 14.7 Å². The molecule has 136 valence electrons. The fraction of sp³-hybridized carbons (Fsp3) is 0.368. The van der Waals surface area contributed by atoms with Crippen LogP contribution in [0.5, 0.6) is 0 Å². The number of ketones is 1. The van der Waals surface area contributed by atoms with E-state index in [2.05, 4.69) is 27.4 Å². The highest BCUT2D eigenvalue weighted by Crippen LogP contribution is 2.26. The van der Waals surface area contributed by atoms with Gasteiger partial charge >= 0.3 is 0 Å². The molecule has 7 nitrogen and oxygen atoms in total. The number of fused-ring (bicyclic) bond motifs is 1. The van der Waals surface area contributed by atoms with E-state index in [1.54, 1.807) is 13.1 Å². The third-order valence-electron chi connectivity index (χ3n) is 4.44. The molecule has 0 spiro atoms. The number of H-pyrrole nitrogens is 1. The summed E-state index contributed by atoms with van der Waals surface area (Å²) < 4.78 is 1.86. The lowest BCUT2D eigenvalue weighted by molar-refractivity contribution is -0.122. The summed E-state index contributed by atoms with van der Waals surface area (Å²) in [6, 6.07) is 5.61. The molecule has 0 aliphatic heterocycles. The molecule has 2 heterocycles. The van der Waals surface area contributed by atoms with Gasteiger partial charge in [0.1, 0.15) is 12.4 Å². The Balaban J connectivity index is 1.88. The molecular formula is C19H23N5O2. The second-order valence-corrected chi connectivity index (χ2v) is 6.46. The van der Waals surface area contributed by atoms with Gasteiger partial charge in [-0.25, -0.2) is 4.98 Å². The minimum Gasteiger partial charge on any atom is -0.345 e. The number of hydrogen-bond donors (Lipinski definition) is 2. The van der Waals surface area contributed by atoms with E-state index in [9.17, 15) is 9.59 Å². The van der Waals surface area contributed by atoms with Crippen molar-refractivity contribution < 1.29 is 9.59 Å². The number of benzene rings is 1.